The molecule has 0 aliphatic heterocycles. The average Bonchev–Trinajstić information content (AvgIpc) is 1.98. The topological polar surface area (TPSA) is 66.8 Å². The van der Waals surface area contributed by atoms with Crippen molar-refractivity contribution in [2.24, 2.45) is 0 Å². The first-order valence-electron chi connectivity index (χ1n) is 4.14. The highest BCUT2D eigenvalue weighted by Crippen LogP contribution is 2.21. The van der Waals surface area contributed by atoms with Gasteiger partial charge in [-0.1, -0.05) is 0 Å². The van der Waals surface area contributed by atoms with Crippen LogP contribution in [-0.2, 0) is 9.53 Å². The second kappa shape index (κ2) is 3.87. The van der Waals surface area contributed by atoms with E-state index in [-0.39, 0.29) is 0 Å². The summed E-state index contributed by atoms with van der Waals surface area (Å²) in [6.45, 7) is 1.30. The van der Waals surface area contributed by atoms with Gasteiger partial charge in [0.2, 0.25) is 0 Å². The van der Waals surface area contributed by atoms with Crippen LogP contribution < -0.4 is 0 Å². The van der Waals surface area contributed by atoms with Crippen molar-refractivity contribution in [3.63, 3.8) is 0 Å². The molecular formula is C8H14O4. The fraction of sp³-hybridized carbons (Fsp3) is 0.875. The zero-order valence-electron chi connectivity index (χ0n) is 7.06. The van der Waals surface area contributed by atoms with Crippen molar-refractivity contribution in [2.45, 2.75) is 44.5 Å². The minimum absolute atomic E-state index is 0.409. The van der Waals surface area contributed by atoms with E-state index >= 15 is 0 Å². The third kappa shape index (κ3) is 2.19. The molecule has 2 N–H and O–H groups in total. The van der Waals surface area contributed by atoms with Crippen LogP contribution in [0.4, 0.5) is 0 Å². The Morgan fingerprint density at radius 1 is 1.42 bits per heavy atom. The average molecular weight is 174 g/mol. The van der Waals surface area contributed by atoms with Gasteiger partial charge >= 0.3 is 5.97 Å². The van der Waals surface area contributed by atoms with Crippen LogP contribution in [0, 0.1) is 0 Å². The highest BCUT2D eigenvalue weighted by Gasteiger charge is 2.32. The summed E-state index contributed by atoms with van der Waals surface area (Å²) in [6.07, 6.45) is -0.176. The molecule has 1 aliphatic carbocycles. The number of hydrogen-bond acceptors (Lipinski definition) is 4. The van der Waals surface area contributed by atoms with E-state index in [0.29, 0.717) is 12.8 Å². The molecule has 0 radical (unpaired) electrons. The van der Waals surface area contributed by atoms with Gasteiger partial charge < -0.3 is 14.9 Å². The van der Waals surface area contributed by atoms with Gasteiger partial charge in [0, 0.05) is 6.92 Å². The molecule has 3 atom stereocenters. The van der Waals surface area contributed by atoms with Crippen molar-refractivity contribution in [1.82, 2.24) is 0 Å². The Morgan fingerprint density at radius 2 is 2.08 bits per heavy atom. The fourth-order valence-electron chi connectivity index (χ4n) is 1.46. The highest BCUT2D eigenvalue weighted by atomic mass is 16.6. The molecule has 0 spiro atoms. The Balaban J connectivity index is 2.46. The van der Waals surface area contributed by atoms with Crippen LogP contribution in [0.3, 0.4) is 0 Å². The number of carbonyl (C=O) groups excluding carboxylic acids is 1. The lowest BCUT2D eigenvalue weighted by molar-refractivity contribution is -0.162. The van der Waals surface area contributed by atoms with Gasteiger partial charge in [-0.3, -0.25) is 4.79 Å². The second-order valence-electron chi connectivity index (χ2n) is 3.14. The van der Waals surface area contributed by atoms with Gasteiger partial charge in [-0.25, -0.2) is 0 Å². The molecule has 1 rings (SSSR count). The molecule has 12 heavy (non-hydrogen) atoms. The Labute approximate surface area is 71.2 Å². The predicted molar refractivity (Wildman–Crippen MR) is 41.4 cm³/mol. The summed E-state index contributed by atoms with van der Waals surface area (Å²) >= 11 is 0. The second-order valence-corrected chi connectivity index (χ2v) is 3.14. The van der Waals surface area contributed by atoms with E-state index in [0.717, 1.165) is 6.42 Å². The monoisotopic (exact) mass is 174 g/mol. The zero-order chi connectivity index (χ0) is 9.14. The van der Waals surface area contributed by atoms with Gasteiger partial charge in [-0.15, -0.1) is 0 Å². The van der Waals surface area contributed by atoms with Gasteiger partial charge in [-0.2, -0.15) is 0 Å². The van der Waals surface area contributed by atoms with Crippen molar-refractivity contribution >= 4 is 5.97 Å². The molecule has 4 nitrogen and oxygen atoms in total. The molecule has 1 aliphatic rings. The van der Waals surface area contributed by atoms with Crippen LogP contribution in [-0.4, -0.2) is 34.5 Å². The molecule has 4 heteroatoms. The summed E-state index contributed by atoms with van der Waals surface area (Å²) in [6, 6.07) is 0. The number of ether oxygens (including phenoxy) is 1. The maximum absolute atomic E-state index is 10.5. The summed E-state index contributed by atoms with van der Waals surface area (Å²) in [4.78, 5) is 10.5. The van der Waals surface area contributed by atoms with Gasteiger partial charge in [0.25, 0.3) is 0 Å². The van der Waals surface area contributed by atoms with E-state index in [1.807, 2.05) is 0 Å². The molecule has 0 aromatic heterocycles. The Bertz CT molecular complexity index is 168. The highest BCUT2D eigenvalue weighted by molar-refractivity contribution is 5.66. The van der Waals surface area contributed by atoms with Crippen molar-refractivity contribution < 1.29 is 19.7 Å². The minimum Gasteiger partial charge on any atom is -0.460 e. The number of aliphatic hydroxyl groups excluding tert-OH is 2. The third-order valence-electron chi connectivity index (χ3n) is 2.08. The van der Waals surface area contributed by atoms with Crippen molar-refractivity contribution in [2.75, 3.05) is 0 Å². The smallest absolute Gasteiger partial charge is 0.302 e. The van der Waals surface area contributed by atoms with E-state index in [1.54, 1.807) is 0 Å². The van der Waals surface area contributed by atoms with Crippen molar-refractivity contribution in [3.8, 4) is 0 Å². The summed E-state index contributed by atoms with van der Waals surface area (Å²) in [5.41, 5.74) is 0. The summed E-state index contributed by atoms with van der Waals surface area (Å²) in [5, 5.41) is 18.6. The molecule has 0 aromatic rings. The quantitative estimate of drug-likeness (QED) is 0.541. The van der Waals surface area contributed by atoms with Crippen LogP contribution in [0.5, 0.6) is 0 Å². The number of rotatable bonds is 1. The number of aliphatic hydroxyl groups is 2. The minimum atomic E-state index is -0.914. The first kappa shape index (κ1) is 9.48. The Morgan fingerprint density at radius 3 is 2.67 bits per heavy atom. The maximum Gasteiger partial charge on any atom is 0.302 e. The molecule has 0 bridgehead atoms. The third-order valence-corrected chi connectivity index (χ3v) is 2.08. The van der Waals surface area contributed by atoms with E-state index in [4.69, 9.17) is 4.74 Å². The van der Waals surface area contributed by atoms with Crippen molar-refractivity contribution in [1.29, 1.82) is 0 Å². The zero-order valence-corrected chi connectivity index (χ0v) is 7.06. The predicted octanol–water partition coefficient (Wildman–Crippen LogP) is -0.176. The first-order chi connectivity index (χ1) is 5.61. The van der Waals surface area contributed by atoms with Gasteiger partial charge in [0.1, 0.15) is 12.2 Å². The van der Waals surface area contributed by atoms with Gasteiger partial charge in [-0.05, 0) is 19.3 Å². The maximum atomic E-state index is 10.5. The van der Waals surface area contributed by atoms with Crippen LogP contribution >= 0.6 is 0 Å². The van der Waals surface area contributed by atoms with Crippen LogP contribution in [0.1, 0.15) is 26.2 Å². The first-order valence-corrected chi connectivity index (χ1v) is 4.14. The lowest BCUT2D eigenvalue weighted by Crippen LogP contribution is -2.43. The molecular weight excluding hydrogens is 160 g/mol. The molecule has 0 heterocycles. The molecule has 1 saturated carbocycles. The fourth-order valence-corrected chi connectivity index (χ4v) is 1.46. The number of carbonyl (C=O) groups is 1. The SMILES string of the molecule is CC(=O)OC1CCCC(O)C1O. The molecule has 1 fully saturated rings. The molecule has 3 unspecified atom stereocenters. The van der Waals surface area contributed by atoms with E-state index < -0.39 is 24.3 Å². The number of hydrogen-bond donors (Lipinski definition) is 2. The number of esters is 1. The van der Waals surface area contributed by atoms with Gasteiger partial charge in [0.15, 0.2) is 0 Å². The Kier molecular flexibility index (Phi) is 3.05. The van der Waals surface area contributed by atoms with Crippen LogP contribution in [0.15, 0.2) is 0 Å². The van der Waals surface area contributed by atoms with E-state index in [2.05, 4.69) is 0 Å². The van der Waals surface area contributed by atoms with Gasteiger partial charge in [0.05, 0.1) is 6.10 Å². The molecule has 0 saturated heterocycles. The lowest BCUT2D eigenvalue weighted by Gasteiger charge is -2.30. The normalized spacial score (nSPS) is 36.1. The Hall–Kier alpha value is -0.610. The van der Waals surface area contributed by atoms with Crippen molar-refractivity contribution in [3.05, 3.63) is 0 Å². The summed E-state index contributed by atoms with van der Waals surface area (Å²) < 4.78 is 4.82. The van der Waals surface area contributed by atoms with E-state index in [9.17, 15) is 15.0 Å². The summed E-state index contributed by atoms with van der Waals surface area (Å²) in [7, 11) is 0. The molecule has 0 aromatic carbocycles. The van der Waals surface area contributed by atoms with Crippen LogP contribution in [0.2, 0.25) is 0 Å². The molecule has 70 valence electrons. The molecule has 0 amide bonds. The van der Waals surface area contributed by atoms with E-state index in [1.165, 1.54) is 6.92 Å². The van der Waals surface area contributed by atoms with Crippen LogP contribution in [0.25, 0.3) is 0 Å². The summed E-state index contributed by atoms with van der Waals surface area (Å²) in [5.74, 6) is -0.409. The largest absolute Gasteiger partial charge is 0.460 e. The lowest BCUT2D eigenvalue weighted by atomic mass is 9.92. The standard InChI is InChI=1S/C8H14O4/c1-5(9)12-7-4-2-3-6(10)8(7)11/h6-8,10-11H,2-4H2,1H3.